The summed E-state index contributed by atoms with van der Waals surface area (Å²) in [7, 11) is 0. The summed E-state index contributed by atoms with van der Waals surface area (Å²) in [6.45, 7) is 10.9. The Morgan fingerprint density at radius 1 is 0.579 bits per heavy atom. The molecule has 2 aromatic carbocycles. The highest BCUT2D eigenvalue weighted by Crippen LogP contribution is 2.23. The van der Waals surface area contributed by atoms with E-state index in [9.17, 15) is 4.79 Å². The lowest BCUT2D eigenvalue weighted by Crippen LogP contribution is -2.22. The van der Waals surface area contributed by atoms with E-state index in [1.807, 2.05) is 0 Å². The lowest BCUT2D eigenvalue weighted by molar-refractivity contribution is -0.119. The minimum atomic E-state index is 0.451. The number of unbranched alkanes of at least 4 members (excludes halogenated alkanes) is 6. The molecule has 0 fully saturated rings. The molecule has 0 aliphatic carbocycles. The van der Waals surface area contributed by atoms with Crippen LogP contribution in [0.2, 0.25) is 0 Å². The summed E-state index contributed by atoms with van der Waals surface area (Å²) in [5, 5.41) is 7.44. The van der Waals surface area contributed by atoms with E-state index in [0.29, 0.717) is 17.9 Å². The fraction of sp³-hybridized carbons (Fsp3) is 0.629. The third kappa shape index (κ3) is 13.7. The van der Waals surface area contributed by atoms with E-state index in [1.165, 1.54) is 73.6 Å². The number of rotatable bonds is 22. The van der Waals surface area contributed by atoms with Gasteiger partial charge in [0.25, 0.3) is 0 Å². The van der Waals surface area contributed by atoms with Crippen molar-refractivity contribution >= 4 is 5.78 Å². The van der Waals surface area contributed by atoms with Crippen molar-refractivity contribution in [1.82, 2.24) is 10.6 Å². The van der Waals surface area contributed by atoms with E-state index >= 15 is 0 Å². The summed E-state index contributed by atoms with van der Waals surface area (Å²) in [5.74, 6) is 0.467. The van der Waals surface area contributed by atoms with E-state index in [4.69, 9.17) is 0 Å². The highest BCUT2D eigenvalue weighted by molar-refractivity contribution is 5.78. The molecule has 0 saturated heterocycles. The van der Waals surface area contributed by atoms with Gasteiger partial charge in [-0.3, -0.25) is 4.79 Å². The number of hydrogen-bond donors (Lipinski definition) is 2. The van der Waals surface area contributed by atoms with Crippen LogP contribution in [0.15, 0.2) is 48.5 Å². The van der Waals surface area contributed by atoms with E-state index in [0.717, 1.165) is 51.6 Å². The number of carbonyl (C=O) groups excluding carboxylic acids is 1. The van der Waals surface area contributed by atoms with Crippen LogP contribution in [0.4, 0.5) is 0 Å². The summed E-state index contributed by atoms with van der Waals surface area (Å²) in [6.07, 6.45) is 15.5. The van der Waals surface area contributed by atoms with Crippen molar-refractivity contribution in [3.63, 3.8) is 0 Å². The van der Waals surface area contributed by atoms with Crippen LogP contribution in [0.3, 0.4) is 0 Å². The minimum Gasteiger partial charge on any atom is -0.310 e. The second-order valence-corrected chi connectivity index (χ2v) is 11.3. The van der Waals surface area contributed by atoms with Gasteiger partial charge < -0.3 is 10.6 Å². The van der Waals surface area contributed by atoms with Crippen LogP contribution in [-0.4, -0.2) is 18.9 Å². The highest BCUT2D eigenvalue weighted by Gasteiger charge is 2.11. The van der Waals surface area contributed by atoms with E-state index in [2.05, 4.69) is 86.9 Å². The SMILES string of the molecule is CCCNC(CCCCCCC(=O)CCCCCCC(NCCC)c1ccc(C)cc1)c1ccc(C)cc1. The average molecular weight is 521 g/mol. The molecule has 0 bridgehead atoms. The molecule has 0 aromatic heterocycles. The summed E-state index contributed by atoms with van der Waals surface area (Å²) < 4.78 is 0. The molecule has 2 atom stereocenters. The van der Waals surface area contributed by atoms with E-state index in [1.54, 1.807) is 0 Å². The molecule has 212 valence electrons. The van der Waals surface area contributed by atoms with Crippen LogP contribution in [-0.2, 0) is 4.79 Å². The second-order valence-electron chi connectivity index (χ2n) is 11.3. The van der Waals surface area contributed by atoms with Crippen molar-refractivity contribution in [1.29, 1.82) is 0 Å². The van der Waals surface area contributed by atoms with Crippen LogP contribution in [0.25, 0.3) is 0 Å². The van der Waals surface area contributed by atoms with Crippen LogP contribution >= 0.6 is 0 Å². The number of aryl methyl sites for hydroxylation is 2. The molecule has 2 N–H and O–H groups in total. The van der Waals surface area contributed by atoms with Crippen molar-refractivity contribution < 1.29 is 4.79 Å². The monoisotopic (exact) mass is 520 g/mol. The molecule has 0 spiro atoms. The van der Waals surface area contributed by atoms with Gasteiger partial charge in [-0.15, -0.1) is 0 Å². The Labute approximate surface area is 234 Å². The Bertz CT molecular complexity index is 787. The van der Waals surface area contributed by atoms with Crippen molar-refractivity contribution in [2.24, 2.45) is 0 Å². The predicted octanol–water partition coefficient (Wildman–Crippen LogP) is 9.34. The largest absolute Gasteiger partial charge is 0.310 e. The molecule has 3 heteroatoms. The Morgan fingerprint density at radius 3 is 1.32 bits per heavy atom. The standard InChI is InChI=1S/C35H56N2O/c1-5-27-36-34(31-23-19-29(3)20-24-31)17-13-9-7-11-15-33(38)16-12-8-10-14-18-35(37-28-6-2)32-25-21-30(4)22-26-32/h19-26,34-37H,5-18,27-28H2,1-4H3. The maximum absolute atomic E-state index is 12.4. The molecule has 0 radical (unpaired) electrons. The normalized spacial score (nSPS) is 12.9. The van der Waals surface area contributed by atoms with Crippen molar-refractivity contribution in [2.45, 2.75) is 130 Å². The van der Waals surface area contributed by atoms with Gasteiger partial charge in [0.15, 0.2) is 0 Å². The molecule has 0 heterocycles. The first-order chi connectivity index (χ1) is 18.5. The molecule has 2 rings (SSSR count). The predicted molar refractivity (Wildman–Crippen MR) is 165 cm³/mol. The fourth-order valence-electron chi connectivity index (χ4n) is 5.18. The zero-order valence-corrected chi connectivity index (χ0v) is 25.0. The van der Waals surface area contributed by atoms with Gasteiger partial charge in [0.05, 0.1) is 0 Å². The van der Waals surface area contributed by atoms with Crippen molar-refractivity contribution in [3.05, 3.63) is 70.8 Å². The van der Waals surface area contributed by atoms with Gasteiger partial charge in [0.2, 0.25) is 0 Å². The third-order valence-corrected chi connectivity index (χ3v) is 7.64. The molecule has 0 aliphatic heterocycles. The number of hydrogen-bond acceptors (Lipinski definition) is 3. The van der Waals surface area contributed by atoms with Gasteiger partial charge in [0, 0.05) is 24.9 Å². The van der Waals surface area contributed by atoms with Crippen molar-refractivity contribution in [3.8, 4) is 0 Å². The molecule has 3 nitrogen and oxygen atoms in total. The number of Topliss-reactive ketones (excluding diaryl/α,β-unsaturated/α-hetero) is 1. The van der Waals surface area contributed by atoms with E-state index < -0.39 is 0 Å². The maximum Gasteiger partial charge on any atom is 0.132 e. The number of ketones is 1. The average Bonchev–Trinajstić information content (AvgIpc) is 2.92. The topological polar surface area (TPSA) is 41.1 Å². The first-order valence-corrected chi connectivity index (χ1v) is 15.6. The molecule has 0 amide bonds. The summed E-state index contributed by atoms with van der Waals surface area (Å²) in [5.41, 5.74) is 5.45. The molecule has 0 saturated carbocycles. The zero-order chi connectivity index (χ0) is 27.4. The van der Waals surface area contributed by atoms with Gasteiger partial charge in [-0.1, -0.05) is 112 Å². The van der Waals surface area contributed by atoms with Crippen LogP contribution in [0.5, 0.6) is 0 Å². The second kappa shape index (κ2) is 20.0. The Kier molecular flexibility index (Phi) is 17.0. The molecule has 0 aliphatic rings. The molecular formula is C35H56N2O. The first kappa shape index (κ1) is 32.2. The van der Waals surface area contributed by atoms with Crippen molar-refractivity contribution in [2.75, 3.05) is 13.1 Å². The van der Waals surface area contributed by atoms with Gasteiger partial charge in [-0.2, -0.15) is 0 Å². The molecule has 2 aromatic rings. The molecule has 38 heavy (non-hydrogen) atoms. The lowest BCUT2D eigenvalue weighted by atomic mass is 9.97. The molecule has 2 unspecified atom stereocenters. The summed E-state index contributed by atoms with van der Waals surface area (Å²) in [4.78, 5) is 12.4. The Morgan fingerprint density at radius 2 is 0.947 bits per heavy atom. The van der Waals surface area contributed by atoms with E-state index in [-0.39, 0.29) is 0 Å². The van der Waals surface area contributed by atoms with Gasteiger partial charge >= 0.3 is 0 Å². The third-order valence-electron chi connectivity index (χ3n) is 7.64. The number of nitrogens with one attached hydrogen (secondary N) is 2. The molecular weight excluding hydrogens is 464 g/mol. The minimum absolute atomic E-state index is 0.451. The van der Waals surface area contributed by atoms with Gasteiger partial charge in [-0.25, -0.2) is 0 Å². The Balaban J connectivity index is 1.53. The van der Waals surface area contributed by atoms with Crippen LogP contribution < -0.4 is 10.6 Å². The maximum atomic E-state index is 12.4. The van der Waals surface area contributed by atoms with Crippen LogP contribution in [0.1, 0.15) is 138 Å². The lowest BCUT2D eigenvalue weighted by Gasteiger charge is -2.19. The van der Waals surface area contributed by atoms with Crippen LogP contribution in [0, 0.1) is 13.8 Å². The first-order valence-electron chi connectivity index (χ1n) is 15.6. The smallest absolute Gasteiger partial charge is 0.132 e. The quantitative estimate of drug-likeness (QED) is 0.152. The Hall–Kier alpha value is -1.97. The summed E-state index contributed by atoms with van der Waals surface area (Å²) >= 11 is 0. The summed E-state index contributed by atoms with van der Waals surface area (Å²) in [6, 6.07) is 18.9. The number of carbonyl (C=O) groups is 1. The zero-order valence-electron chi connectivity index (χ0n) is 25.0. The van der Waals surface area contributed by atoms with Gasteiger partial charge in [0.1, 0.15) is 5.78 Å². The van der Waals surface area contributed by atoms with Gasteiger partial charge in [-0.05, 0) is 76.6 Å². The number of benzene rings is 2. The highest BCUT2D eigenvalue weighted by atomic mass is 16.1. The fourth-order valence-corrected chi connectivity index (χ4v) is 5.18.